The van der Waals surface area contributed by atoms with Crippen molar-refractivity contribution >= 4 is 22.7 Å². The first-order valence-corrected chi connectivity index (χ1v) is 7.47. The van der Waals surface area contributed by atoms with E-state index in [0.717, 1.165) is 35.4 Å². The van der Waals surface area contributed by atoms with Gasteiger partial charge in [-0.15, -0.1) is 0 Å². The van der Waals surface area contributed by atoms with Gasteiger partial charge in [-0.05, 0) is 12.1 Å². The number of ether oxygens (including phenoxy) is 4. The zero-order chi connectivity index (χ0) is 18.8. The van der Waals surface area contributed by atoms with Gasteiger partial charge in [0, 0.05) is 22.9 Å². The average molecular weight is 352 g/mol. The highest BCUT2D eigenvalue weighted by atomic mass is 16.5. The van der Waals surface area contributed by atoms with Crippen LogP contribution in [0.2, 0.25) is 0 Å². The largest absolute Gasteiger partial charge is 0.461 e. The number of carbonyl (C=O) groups is 2. The van der Waals surface area contributed by atoms with Crippen molar-refractivity contribution in [2.75, 3.05) is 0 Å². The van der Waals surface area contributed by atoms with Crippen molar-refractivity contribution in [3.8, 4) is 11.5 Å². The molecule has 0 fully saturated rings. The van der Waals surface area contributed by atoms with Crippen molar-refractivity contribution in [2.24, 2.45) is 0 Å². The second-order valence-corrected chi connectivity index (χ2v) is 4.67. The van der Waals surface area contributed by atoms with E-state index in [9.17, 15) is 9.59 Å². The minimum absolute atomic E-state index is 0.543. The van der Waals surface area contributed by atoms with E-state index in [1.165, 1.54) is 12.5 Å². The molecular formula is C20H16O6. The molecule has 0 radical (unpaired) electrons. The zero-order valence-corrected chi connectivity index (χ0v) is 13.8. The fourth-order valence-electron chi connectivity index (χ4n) is 1.95. The molecule has 132 valence electrons. The maximum absolute atomic E-state index is 11.0. The molecule has 2 aromatic rings. The second kappa shape index (κ2) is 9.48. The van der Waals surface area contributed by atoms with Crippen LogP contribution in [-0.2, 0) is 19.1 Å². The Morgan fingerprint density at radius 1 is 0.692 bits per heavy atom. The van der Waals surface area contributed by atoms with Gasteiger partial charge in [0.25, 0.3) is 0 Å². The van der Waals surface area contributed by atoms with Crippen molar-refractivity contribution in [1.82, 2.24) is 0 Å². The Morgan fingerprint density at radius 2 is 1.12 bits per heavy atom. The predicted octanol–water partition coefficient (Wildman–Crippen LogP) is 4.00. The Labute approximate surface area is 150 Å². The van der Waals surface area contributed by atoms with E-state index in [1.54, 1.807) is 24.3 Å². The Bertz CT molecular complexity index is 806. The van der Waals surface area contributed by atoms with Crippen LogP contribution in [0.1, 0.15) is 0 Å². The number of fused-ring (bicyclic) bond motifs is 1. The molecule has 0 N–H and O–H groups in total. The summed E-state index contributed by atoms with van der Waals surface area (Å²) in [6.45, 7) is 6.58. The van der Waals surface area contributed by atoms with Crippen molar-refractivity contribution in [3.05, 3.63) is 86.8 Å². The van der Waals surface area contributed by atoms with Crippen LogP contribution in [0.5, 0.6) is 11.5 Å². The minimum atomic E-state index is -0.581. The van der Waals surface area contributed by atoms with E-state index in [2.05, 4.69) is 13.2 Å². The fraction of sp³-hybridized carbons (Fsp3) is 0. The number of rotatable bonds is 8. The molecule has 0 heterocycles. The quantitative estimate of drug-likeness (QED) is 0.406. The first-order valence-electron chi connectivity index (χ1n) is 7.47. The summed E-state index contributed by atoms with van der Waals surface area (Å²) in [5.74, 6) is -0.0772. The van der Waals surface area contributed by atoms with E-state index in [1.807, 2.05) is 12.1 Å². The predicted molar refractivity (Wildman–Crippen MR) is 96.1 cm³/mol. The van der Waals surface area contributed by atoms with Gasteiger partial charge in [0.2, 0.25) is 0 Å². The standard InChI is InChI=1S/C20H16O6/c1-3-19(21)25-13-11-23-17-9-5-8-16-15(17)7-6-10-18(16)24-12-14-26-20(22)4-2/h3-14H,1-2H2. The maximum atomic E-state index is 11.0. The topological polar surface area (TPSA) is 71.1 Å². The average Bonchev–Trinajstić information content (AvgIpc) is 2.68. The molecule has 0 atom stereocenters. The van der Waals surface area contributed by atoms with Gasteiger partial charge in [-0.25, -0.2) is 9.59 Å². The lowest BCUT2D eigenvalue weighted by Crippen LogP contribution is -1.94. The number of benzene rings is 2. The lowest BCUT2D eigenvalue weighted by atomic mass is 10.1. The van der Waals surface area contributed by atoms with E-state index >= 15 is 0 Å². The van der Waals surface area contributed by atoms with Crippen LogP contribution in [0, 0.1) is 0 Å². The van der Waals surface area contributed by atoms with Crippen molar-refractivity contribution < 1.29 is 28.5 Å². The monoisotopic (exact) mass is 352 g/mol. The molecule has 0 spiro atoms. The Morgan fingerprint density at radius 3 is 1.50 bits per heavy atom. The van der Waals surface area contributed by atoms with Gasteiger partial charge in [-0.1, -0.05) is 37.4 Å². The van der Waals surface area contributed by atoms with Gasteiger partial charge < -0.3 is 18.9 Å². The highest BCUT2D eigenvalue weighted by molar-refractivity contribution is 5.93. The Hall–Kier alpha value is -3.80. The van der Waals surface area contributed by atoms with Gasteiger partial charge in [0.15, 0.2) is 0 Å². The third-order valence-corrected chi connectivity index (χ3v) is 3.04. The third-order valence-electron chi connectivity index (χ3n) is 3.04. The van der Waals surface area contributed by atoms with E-state index in [4.69, 9.17) is 18.9 Å². The van der Waals surface area contributed by atoms with E-state index in [-0.39, 0.29) is 0 Å². The van der Waals surface area contributed by atoms with E-state index in [0.29, 0.717) is 11.5 Å². The second-order valence-electron chi connectivity index (χ2n) is 4.67. The highest BCUT2D eigenvalue weighted by Gasteiger charge is 2.06. The fourth-order valence-corrected chi connectivity index (χ4v) is 1.95. The molecule has 2 rings (SSSR count). The number of hydrogen-bond donors (Lipinski definition) is 0. The number of hydrogen-bond acceptors (Lipinski definition) is 6. The van der Waals surface area contributed by atoms with Crippen LogP contribution >= 0.6 is 0 Å². The molecule has 0 aliphatic rings. The molecule has 26 heavy (non-hydrogen) atoms. The first-order chi connectivity index (χ1) is 12.7. The molecule has 6 heteroatoms. The molecule has 0 bridgehead atoms. The van der Waals surface area contributed by atoms with Crippen molar-refractivity contribution in [2.45, 2.75) is 0 Å². The molecule has 0 unspecified atom stereocenters. The molecule has 0 aliphatic heterocycles. The molecular weight excluding hydrogens is 336 g/mol. The highest BCUT2D eigenvalue weighted by Crippen LogP contribution is 2.32. The van der Waals surface area contributed by atoms with Crippen LogP contribution in [0.25, 0.3) is 10.8 Å². The molecule has 0 saturated carbocycles. The SMILES string of the molecule is C=CC(=O)OC=COc1cccc2c(OC=COC(=O)C=C)cccc12. The normalized spacial score (nSPS) is 10.6. The van der Waals surface area contributed by atoms with Gasteiger partial charge in [0.1, 0.15) is 36.5 Å². The summed E-state index contributed by atoms with van der Waals surface area (Å²) in [6.07, 6.45) is 6.84. The summed E-state index contributed by atoms with van der Waals surface area (Å²) < 4.78 is 20.4. The lowest BCUT2D eigenvalue weighted by Gasteiger charge is -2.09. The van der Waals surface area contributed by atoms with Crippen molar-refractivity contribution in [3.63, 3.8) is 0 Å². The lowest BCUT2D eigenvalue weighted by molar-refractivity contribution is -0.133. The third kappa shape index (κ3) is 5.10. The summed E-state index contributed by atoms with van der Waals surface area (Å²) in [5.41, 5.74) is 0. The van der Waals surface area contributed by atoms with Crippen LogP contribution < -0.4 is 9.47 Å². The molecule has 0 saturated heterocycles. The molecule has 2 aromatic carbocycles. The van der Waals surface area contributed by atoms with Crippen LogP contribution in [0.4, 0.5) is 0 Å². The molecule has 0 aliphatic carbocycles. The van der Waals surface area contributed by atoms with Crippen LogP contribution in [0.3, 0.4) is 0 Å². The number of esters is 2. The maximum Gasteiger partial charge on any atom is 0.335 e. The van der Waals surface area contributed by atoms with E-state index < -0.39 is 11.9 Å². The Balaban J connectivity index is 2.14. The Kier molecular flexibility index (Phi) is 6.76. The summed E-state index contributed by atoms with van der Waals surface area (Å²) in [5, 5.41) is 1.56. The minimum Gasteiger partial charge on any atom is -0.461 e. The van der Waals surface area contributed by atoms with Gasteiger partial charge in [-0.3, -0.25) is 0 Å². The smallest absolute Gasteiger partial charge is 0.335 e. The molecule has 6 nitrogen and oxygen atoms in total. The summed E-state index contributed by atoms with van der Waals surface area (Å²) in [7, 11) is 0. The van der Waals surface area contributed by atoms with Gasteiger partial charge in [0.05, 0.1) is 0 Å². The van der Waals surface area contributed by atoms with Gasteiger partial charge >= 0.3 is 11.9 Å². The van der Waals surface area contributed by atoms with Gasteiger partial charge in [-0.2, -0.15) is 0 Å². The zero-order valence-electron chi connectivity index (χ0n) is 13.8. The van der Waals surface area contributed by atoms with Crippen molar-refractivity contribution in [1.29, 1.82) is 0 Å². The molecule has 0 aromatic heterocycles. The first kappa shape index (κ1) is 18.5. The number of carbonyl (C=O) groups excluding carboxylic acids is 2. The van der Waals surface area contributed by atoms with Crippen LogP contribution in [-0.4, -0.2) is 11.9 Å². The van der Waals surface area contributed by atoms with Crippen LogP contribution in [0.15, 0.2) is 86.8 Å². The summed E-state index contributed by atoms with van der Waals surface area (Å²) >= 11 is 0. The molecule has 0 amide bonds. The summed E-state index contributed by atoms with van der Waals surface area (Å²) in [6, 6.07) is 10.8. The summed E-state index contributed by atoms with van der Waals surface area (Å²) in [4.78, 5) is 21.9.